The molecule has 2 nitrogen and oxygen atoms in total. The molecule has 0 radical (unpaired) electrons. The fourth-order valence-electron chi connectivity index (χ4n) is 2.15. The van der Waals surface area contributed by atoms with Crippen molar-refractivity contribution < 1.29 is 9.13 Å². The molecule has 100 valence electrons. The maximum atomic E-state index is 13.9. The number of methoxy groups -OCH3 is 1. The number of hydrogen-bond donors (Lipinski definition) is 1. The molecule has 0 aliphatic heterocycles. The van der Waals surface area contributed by atoms with Gasteiger partial charge in [0, 0.05) is 12.0 Å². The van der Waals surface area contributed by atoms with Crippen LogP contribution in [-0.2, 0) is 6.42 Å². The first-order valence-electron chi connectivity index (χ1n) is 6.32. The normalized spacial score (nSPS) is 12.2. The zero-order valence-electron chi connectivity index (χ0n) is 11.0. The lowest BCUT2D eigenvalue weighted by molar-refractivity contribution is 0.410. The fraction of sp³-hybridized carbons (Fsp3) is 0.250. The molecule has 1 atom stereocenters. The molecule has 0 heterocycles. The average Bonchev–Trinajstić information content (AvgIpc) is 2.47. The van der Waals surface area contributed by atoms with Gasteiger partial charge in [-0.2, -0.15) is 0 Å². The van der Waals surface area contributed by atoms with Crippen molar-refractivity contribution in [2.45, 2.75) is 12.3 Å². The summed E-state index contributed by atoms with van der Waals surface area (Å²) >= 11 is 0. The molecule has 0 aromatic heterocycles. The van der Waals surface area contributed by atoms with Gasteiger partial charge in [-0.1, -0.05) is 36.4 Å². The van der Waals surface area contributed by atoms with Gasteiger partial charge in [-0.3, -0.25) is 0 Å². The maximum Gasteiger partial charge on any atom is 0.130 e. The monoisotopic (exact) mass is 259 g/mol. The number of rotatable bonds is 5. The zero-order chi connectivity index (χ0) is 13.7. The van der Waals surface area contributed by atoms with Gasteiger partial charge in [0.05, 0.1) is 7.11 Å². The molecular weight excluding hydrogens is 241 g/mol. The van der Waals surface area contributed by atoms with Crippen molar-refractivity contribution >= 4 is 0 Å². The second-order valence-corrected chi connectivity index (χ2v) is 4.50. The van der Waals surface area contributed by atoms with E-state index >= 15 is 0 Å². The van der Waals surface area contributed by atoms with Crippen molar-refractivity contribution in [1.82, 2.24) is 0 Å². The summed E-state index contributed by atoms with van der Waals surface area (Å²) in [6.45, 7) is 0.496. The molecule has 0 aliphatic carbocycles. The summed E-state index contributed by atoms with van der Waals surface area (Å²) in [5.74, 6) is 0.420. The van der Waals surface area contributed by atoms with E-state index in [1.54, 1.807) is 12.1 Å². The Morgan fingerprint density at radius 3 is 2.47 bits per heavy atom. The minimum Gasteiger partial charge on any atom is -0.497 e. The number of nitrogens with two attached hydrogens (primary N) is 1. The van der Waals surface area contributed by atoms with Crippen LogP contribution in [0.15, 0.2) is 48.5 Å². The molecule has 0 bridgehead atoms. The van der Waals surface area contributed by atoms with Gasteiger partial charge in [0.25, 0.3) is 0 Å². The number of hydrogen-bond acceptors (Lipinski definition) is 2. The summed E-state index contributed by atoms with van der Waals surface area (Å²) in [4.78, 5) is 0. The van der Waals surface area contributed by atoms with Crippen molar-refractivity contribution in [3.8, 4) is 5.75 Å². The minimum atomic E-state index is -0.242. The van der Waals surface area contributed by atoms with E-state index in [0.29, 0.717) is 24.3 Å². The third-order valence-electron chi connectivity index (χ3n) is 3.28. The van der Waals surface area contributed by atoms with E-state index in [1.165, 1.54) is 13.2 Å². The Morgan fingerprint density at radius 1 is 1.16 bits per heavy atom. The molecule has 19 heavy (non-hydrogen) atoms. The summed E-state index contributed by atoms with van der Waals surface area (Å²) in [5.41, 5.74) is 7.62. The van der Waals surface area contributed by atoms with Gasteiger partial charge in [0.2, 0.25) is 0 Å². The highest BCUT2D eigenvalue weighted by Crippen LogP contribution is 2.23. The topological polar surface area (TPSA) is 35.2 Å². The Hall–Kier alpha value is -1.87. The van der Waals surface area contributed by atoms with Gasteiger partial charge in [-0.25, -0.2) is 4.39 Å². The molecule has 2 aromatic carbocycles. The van der Waals surface area contributed by atoms with E-state index in [2.05, 4.69) is 0 Å². The summed E-state index contributed by atoms with van der Waals surface area (Å²) in [7, 11) is 1.53. The third kappa shape index (κ3) is 3.32. The minimum absolute atomic E-state index is 0.129. The van der Waals surface area contributed by atoms with Crippen LogP contribution >= 0.6 is 0 Å². The van der Waals surface area contributed by atoms with Gasteiger partial charge in [0.15, 0.2) is 0 Å². The Labute approximate surface area is 113 Å². The molecular formula is C16H18FNO. The lowest BCUT2D eigenvalue weighted by atomic mass is 9.92. The fourth-order valence-corrected chi connectivity index (χ4v) is 2.15. The highest BCUT2D eigenvalue weighted by atomic mass is 19.1. The van der Waals surface area contributed by atoms with Crippen LogP contribution in [0.2, 0.25) is 0 Å². The van der Waals surface area contributed by atoms with E-state index in [-0.39, 0.29) is 11.7 Å². The summed E-state index contributed by atoms with van der Waals surface area (Å²) < 4.78 is 18.9. The van der Waals surface area contributed by atoms with E-state index in [1.807, 2.05) is 30.3 Å². The quantitative estimate of drug-likeness (QED) is 0.895. The predicted octanol–water partition coefficient (Wildman–Crippen LogP) is 3.12. The van der Waals surface area contributed by atoms with E-state index in [4.69, 9.17) is 10.5 Å². The predicted molar refractivity (Wildman–Crippen MR) is 74.9 cm³/mol. The summed E-state index contributed by atoms with van der Waals surface area (Å²) in [5, 5.41) is 0. The first kappa shape index (κ1) is 13.6. The van der Waals surface area contributed by atoms with Crippen LogP contribution in [0.5, 0.6) is 5.75 Å². The third-order valence-corrected chi connectivity index (χ3v) is 3.28. The van der Waals surface area contributed by atoms with Gasteiger partial charge in [-0.15, -0.1) is 0 Å². The average molecular weight is 259 g/mol. The van der Waals surface area contributed by atoms with Crippen molar-refractivity contribution in [3.63, 3.8) is 0 Å². The van der Waals surface area contributed by atoms with Crippen molar-refractivity contribution in [2.75, 3.05) is 13.7 Å². The van der Waals surface area contributed by atoms with E-state index in [0.717, 1.165) is 5.56 Å². The standard InChI is InChI=1S/C16H18FNO/c1-19-15-8-7-13(16(17)10-15)9-14(11-18)12-5-3-2-4-6-12/h2-8,10,14H,9,11,18H2,1H3. The van der Waals surface area contributed by atoms with Crippen molar-refractivity contribution in [3.05, 3.63) is 65.5 Å². The van der Waals surface area contributed by atoms with Crippen LogP contribution < -0.4 is 10.5 Å². The SMILES string of the molecule is COc1ccc(CC(CN)c2ccccc2)c(F)c1. The Balaban J connectivity index is 2.19. The van der Waals surface area contributed by atoms with Gasteiger partial charge in [0.1, 0.15) is 11.6 Å². The summed E-state index contributed by atoms with van der Waals surface area (Å²) in [6.07, 6.45) is 0.594. The van der Waals surface area contributed by atoms with Crippen molar-refractivity contribution in [2.24, 2.45) is 5.73 Å². The van der Waals surface area contributed by atoms with Crippen LogP contribution in [0.3, 0.4) is 0 Å². The lowest BCUT2D eigenvalue weighted by Gasteiger charge is -2.16. The number of benzene rings is 2. The van der Waals surface area contributed by atoms with E-state index in [9.17, 15) is 4.39 Å². The van der Waals surface area contributed by atoms with Gasteiger partial charge < -0.3 is 10.5 Å². The first-order chi connectivity index (χ1) is 9.24. The molecule has 0 fully saturated rings. The van der Waals surface area contributed by atoms with Crippen molar-refractivity contribution in [1.29, 1.82) is 0 Å². The van der Waals surface area contributed by atoms with Gasteiger partial charge in [-0.05, 0) is 30.2 Å². The molecule has 2 aromatic rings. The second-order valence-electron chi connectivity index (χ2n) is 4.50. The molecule has 0 saturated carbocycles. The highest BCUT2D eigenvalue weighted by molar-refractivity contribution is 5.31. The maximum absolute atomic E-state index is 13.9. The molecule has 2 N–H and O–H groups in total. The second kappa shape index (κ2) is 6.34. The van der Waals surface area contributed by atoms with Crippen LogP contribution in [0, 0.1) is 5.82 Å². The Morgan fingerprint density at radius 2 is 1.89 bits per heavy atom. The molecule has 0 aliphatic rings. The zero-order valence-corrected chi connectivity index (χ0v) is 11.0. The Bertz CT molecular complexity index is 528. The van der Waals surface area contributed by atoms with E-state index < -0.39 is 0 Å². The Kier molecular flexibility index (Phi) is 4.53. The largest absolute Gasteiger partial charge is 0.497 e. The van der Waals surface area contributed by atoms with Crippen LogP contribution in [0.1, 0.15) is 17.0 Å². The molecule has 0 spiro atoms. The number of halogens is 1. The van der Waals surface area contributed by atoms with Gasteiger partial charge >= 0.3 is 0 Å². The highest BCUT2D eigenvalue weighted by Gasteiger charge is 2.13. The molecule has 0 amide bonds. The number of ether oxygens (including phenoxy) is 1. The van der Waals surface area contributed by atoms with Crippen LogP contribution in [-0.4, -0.2) is 13.7 Å². The molecule has 1 unspecified atom stereocenters. The molecule has 2 rings (SSSR count). The lowest BCUT2D eigenvalue weighted by Crippen LogP contribution is -2.15. The van der Waals surface area contributed by atoms with Crippen LogP contribution in [0.4, 0.5) is 4.39 Å². The molecule has 0 saturated heterocycles. The van der Waals surface area contributed by atoms with Crippen LogP contribution in [0.25, 0.3) is 0 Å². The molecule has 3 heteroatoms. The first-order valence-corrected chi connectivity index (χ1v) is 6.32. The summed E-state index contributed by atoms with van der Waals surface area (Å²) in [6, 6.07) is 14.9. The smallest absolute Gasteiger partial charge is 0.130 e.